The molecule has 0 radical (unpaired) electrons. The minimum Gasteiger partial charge on any atom is -0.375 e. The smallest absolute Gasteiger partial charge is 0.248 e. The maximum atomic E-state index is 11.6. The van der Waals surface area contributed by atoms with Gasteiger partial charge in [-0.3, -0.25) is 9.59 Å². The molecule has 1 aliphatic rings. The van der Waals surface area contributed by atoms with Crippen LogP contribution in [0.3, 0.4) is 0 Å². The van der Waals surface area contributed by atoms with Gasteiger partial charge in [0.1, 0.15) is 6.61 Å². The average Bonchev–Trinajstić information content (AvgIpc) is 2.61. The summed E-state index contributed by atoms with van der Waals surface area (Å²) in [6, 6.07) is 0. The summed E-state index contributed by atoms with van der Waals surface area (Å²) in [6.45, 7) is 3.08. The van der Waals surface area contributed by atoms with E-state index >= 15 is 0 Å². The van der Waals surface area contributed by atoms with E-state index in [1.54, 1.807) is 11.9 Å². The third-order valence-electron chi connectivity index (χ3n) is 2.87. The predicted molar refractivity (Wildman–Crippen MR) is 55.2 cm³/mol. The summed E-state index contributed by atoms with van der Waals surface area (Å²) in [7, 11) is 3.11. The summed E-state index contributed by atoms with van der Waals surface area (Å²) >= 11 is 0. The monoisotopic (exact) mass is 214 g/mol. The predicted octanol–water partition coefficient (Wildman–Crippen LogP) is -0.383. The van der Waals surface area contributed by atoms with Crippen molar-refractivity contribution in [3.63, 3.8) is 0 Å². The first kappa shape index (κ1) is 12.0. The van der Waals surface area contributed by atoms with E-state index in [4.69, 9.17) is 4.74 Å². The molecule has 1 rings (SSSR count). The van der Waals surface area contributed by atoms with Gasteiger partial charge >= 0.3 is 0 Å². The van der Waals surface area contributed by atoms with Crippen LogP contribution in [0.1, 0.15) is 13.3 Å². The molecule has 1 aliphatic heterocycles. The first-order valence-electron chi connectivity index (χ1n) is 5.02. The van der Waals surface area contributed by atoms with Gasteiger partial charge in [-0.25, -0.2) is 0 Å². The Hall–Kier alpha value is -1.10. The van der Waals surface area contributed by atoms with Gasteiger partial charge in [-0.05, 0) is 13.3 Å². The van der Waals surface area contributed by atoms with Crippen LogP contribution in [-0.4, -0.2) is 50.6 Å². The van der Waals surface area contributed by atoms with E-state index in [1.165, 1.54) is 7.11 Å². The molecule has 5 heteroatoms. The number of rotatable bonds is 3. The Bertz CT molecular complexity index is 267. The number of amides is 2. The molecule has 1 saturated heterocycles. The Balaban J connectivity index is 2.58. The van der Waals surface area contributed by atoms with Gasteiger partial charge in [0.25, 0.3) is 0 Å². The third-order valence-corrected chi connectivity index (χ3v) is 2.87. The molecule has 2 amide bonds. The van der Waals surface area contributed by atoms with Gasteiger partial charge in [0.2, 0.25) is 11.8 Å². The zero-order valence-corrected chi connectivity index (χ0v) is 9.50. The SMILES string of the molecule is CNC(=O)C1(C)CCN(C(=O)COC)C1. The first-order valence-corrected chi connectivity index (χ1v) is 5.02. The molecule has 1 unspecified atom stereocenters. The quantitative estimate of drug-likeness (QED) is 0.696. The molecular formula is C10H18N2O3. The zero-order chi connectivity index (χ0) is 11.5. The summed E-state index contributed by atoms with van der Waals surface area (Å²) in [5, 5.41) is 2.63. The fourth-order valence-corrected chi connectivity index (χ4v) is 1.88. The number of likely N-dealkylation sites (tertiary alicyclic amines) is 1. The van der Waals surface area contributed by atoms with Crippen LogP contribution in [0.4, 0.5) is 0 Å². The molecule has 0 spiro atoms. The van der Waals surface area contributed by atoms with E-state index in [1.807, 2.05) is 6.92 Å². The average molecular weight is 214 g/mol. The van der Waals surface area contributed by atoms with Gasteiger partial charge in [-0.15, -0.1) is 0 Å². The molecule has 86 valence electrons. The lowest BCUT2D eigenvalue weighted by Crippen LogP contribution is -2.41. The Labute approximate surface area is 89.8 Å². The number of nitrogens with one attached hydrogen (secondary N) is 1. The first-order chi connectivity index (χ1) is 7.03. The maximum absolute atomic E-state index is 11.6. The van der Waals surface area contributed by atoms with Crippen molar-refractivity contribution in [3.05, 3.63) is 0 Å². The number of methoxy groups -OCH3 is 1. The Morgan fingerprint density at radius 2 is 2.20 bits per heavy atom. The molecule has 15 heavy (non-hydrogen) atoms. The van der Waals surface area contributed by atoms with Crippen molar-refractivity contribution >= 4 is 11.8 Å². The maximum Gasteiger partial charge on any atom is 0.248 e. The second kappa shape index (κ2) is 4.61. The van der Waals surface area contributed by atoms with Crippen LogP contribution in [0.25, 0.3) is 0 Å². The summed E-state index contributed by atoms with van der Waals surface area (Å²) in [5.41, 5.74) is -0.446. The van der Waals surface area contributed by atoms with Crippen LogP contribution in [0, 0.1) is 5.41 Å². The van der Waals surface area contributed by atoms with Crippen molar-refractivity contribution in [3.8, 4) is 0 Å². The normalized spacial score (nSPS) is 25.4. The van der Waals surface area contributed by atoms with Crippen LogP contribution in [0.5, 0.6) is 0 Å². The van der Waals surface area contributed by atoms with Gasteiger partial charge in [-0.2, -0.15) is 0 Å². The van der Waals surface area contributed by atoms with Gasteiger partial charge in [-0.1, -0.05) is 0 Å². The highest BCUT2D eigenvalue weighted by atomic mass is 16.5. The Morgan fingerprint density at radius 3 is 2.73 bits per heavy atom. The standard InChI is InChI=1S/C10H18N2O3/c1-10(9(14)11-2)4-5-12(7-10)8(13)6-15-3/h4-7H2,1-3H3,(H,11,14). The number of hydrogen-bond donors (Lipinski definition) is 1. The lowest BCUT2D eigenvalue weighted by molar-refractivity contribution is -0.135. The van der Waals surface area contributed by atoms with Crippen molar-refractivity contribution in [1.29, 1.82) is 0 Å². The van der Waals surface area contributed by atoms with E-state index in [0.29, 0.717) is 19.5 Å². The highest BCUT2D eigenvalue weighted by Crippen LogP contribution is 2.29. The van der Waals surface area contributed by atoms with Crippen molar-refractivity contribution in [1.82, 2.24) is 10.2 Å². The van der Waals surface area contributed by atoms with E-state index in [-0.39, 0.29) is 18.4 Å². The largest absolute Gasteiger partial charge is 0.375 e. The van der Waals surface area contributed by atoms with Crippen LogP contribution in [-0.2, 0) is 14.3 Å². The molecule has 0 aliphatic carbocycles. The van der Waals surface area contributed by atoms with Crippen molar-refractivity contribution in [2.75, 3.05) is 33.9 Å². The molecule has 1 heterocycles. The summed E-state index contributed by atoms with van der Waals surface area (Å²) in [5.74, 6) is -0.0552. The van der Waals surface area contributed by atoms with E-state index < -0.39 is 5.41 Å². The van der Waals surface area contributed by atoms with Crippen molar-refractivity contribution in [2.45, 2.75) is 13.3 Å². The fourth-order valence-electron chi connectivity index (χ4n) is 1.88. The molecular weight excluding hydrogens is 196 g/mol. The molecule has 1 atom stereocenters. The van der Waals surface area contributed by atoms with E-state index in [9.17, 15) is 9.59 Å². The molecule has 1 N–H and O–H groups in total. The molecule has 0 aromatic heterocycles. The summed E-state index contributed by atoms with van der Waals surface area (Å²) in [4.78, 5) is 24.8. The second-order valence-electron chi connectivity index (χ2n) is 4.14. The third kappa shape index (κ3) is 2.47. The Kier molecular flexibility index (Phi) is 3.68. The lowest BCUT2D eigenvalue weighted by atomic mass is 9.89. The van der Waals surface area contributed by atoms with Crippen LogP contribution < -0.4 is 5.32 Å². The second-order valence-corrected chi connectivity index (χ2v) is 4.14. The molecule has 0 aromatic carbocycles. The van der Waals surface area contributed by atoms with Gasteiger partial charge < -0.3 is 15.0 Å². The number of ether oxygens (including phenoxy) is 1. The number of carbonyl (C=O) groups excluding carboxylic acids is 2. The van der Waals surface area contributed by atoms with E-state index in [2.05, 4.69) is 5.32 Å². The Morgan fingerprint density at radius 1 is 1.53 bits per heavy atom. The summed E-state index contributed by atoms with van der Waals surface area (Å²) in [6.07, 6.45) is 0.710. The number of hydrogen-bond acceptors (Lipinski definition) is 3. The molecule has 0 aromatic rings. The highest BCUT2D eigenvalue weighted by Gasteiger charge is 2.41. The number of carbonyl (C=O) groups is 2. The summed E-state index contributed by atoms with van der Waals surface area (Å²) < 4.78 is 4.78. The fraction of sp³-hybridized carbons (Fsp3) is 0.800. The van der Waals surface area contributed by atoms with Crippen molar-refractivity contribution < 1.29 is 14.3 Å². The minimum atomic E-state index is -0.446. The van der Waals surface area contributed by atoms with Gasteiger partial charge in [0.15, 0.2) is 0 Å². The number of nitrogens with zero attached hydrogens (tertiary/aromatic N) is 1. The topological polar surface area (TPSA) is 58.6 Å². The molecule has 5 nitrogen and oxygen atoms in total. The van der Waals surface area contributed by atoms with E-state index in [0.717, 1.165) is 0 Å². The van der Waals surface area contributed by atoms with Crippen LogP contribution in [0.15, 0.2) is 0 Å². The molecule has 1 fully saturated rings. The van der Waals surface area contributed by atoms with Crippen LogP contribution >= 0.6 is 0 Å². The molecule has 0 bridgehead atoms. The van der Waals surface area contributed by atoms with Gasteiger partial charge in [0.05, 0.1) is 5.41 Å². The van der Waals surface area contributed by atoms with Crippen molar-refractivity contribution in [2.24, 2.45) is 5.41 Å². The zero-order valence-electron chi connectivity index (χ0n) is 9.50. The van der Waals surface area contributed by atoms with Gasteiger partial charge in [0, 0.05) is 27.2 Å². The molecule has 0 saturated carbocycles. The van der Waals surface area contributed by atoms with Crippen LogP contribution in [0.2, 0.25) is 0 Å². The minimum absolute atomic E-state index is 0.00443. The highest BCUT2D eigenvalue weighted by molar-refractivity contribution is 5.85. The lowest BCUT2D eigenvalue weighted by Gasteiger charge is -2.22.